The van der Waals surface area contributed by atoms with Gasteiger partial charge < -0.3 is 0 Å². The molecule has 0 saturated heterocycles. The number of benzene rings is 2. The Morgan fingerprint density at radius 1 is 0.773 bits per heavy atom. The van der Waals surface area contributed by atoms with E-state index in [1.807, 2.05) is 0 Å². The molecule has 1 aliphatic carbocycles. The van der Waals surface area contributed by atoms with E-state index < -0.39 is 20.8 Å². The van der Waals surface area contributed by atoms with E-state index >= 15 is 0 Å². The van der Waals surface area contributed by atoms with Crippen molar-refractivity contribution < 1.29 is 20.8 Å². The van der Waals surface area contributed by atoms with Gasteiger partial charge in [-0.25, -0.2) is 0 Å². The Labute approximate surface area is 150 Å². The topological polar surface area (TPSA) is 0 Å². The molecule has 0 fully saturated rings. The first-order valence-corrected chi connectivity index (χ1v) is 13.3. The van der Waals surface area contributed by atoms with E-state index in [1.165, 1.54) is 16.7 Å². The molecule has 2 aromatic rings. The van der Waals surface area contributed by atoms with Gasteiger partial charge in [-0.2, -0.15) is 0 Å². The molecule has 0 atom stereocenters. The van der Waals surface area contributed by atoms with Crippen LogP contribution >= 0.6 is 17.0 Å². The van der Waals surface area contributed by atoms with Crippen LogP contribution in [0.4, 0.5) is 0 Å². The molecule has 0 unspecified atom stereocenters. The first-order chi connectivity index (χ1) is 10.8. The molecule has 1 aliphatic rings. The van der Waals surface area contributed by atoms with Gasteiger partial charge in [-0.05, 0) is 16.7 Å². The van der Waals surface area contributed by atoms with Crippen molar-refractivity contribution in [1.82, 2.24) is 0 Å². The Balaban J connectivity index is 0.000000545. The van der Waals surface area contributed by atoms with Gasteiger partial charge in [-0.15, -0.1) is 0 Å². The summed E-state index contributed by atoms with van der Waals surface area (Å²) in [5, 5.41) is 0. The van der Waals surface area contributed by atoms with Crippen molar-refractivity contribution in [3.05, 3.63) is 102 Å². The Bertz CT molecular complexity index is 592. The number of hydrogen-bond acceptors (Lipinski definition) is 0. The molecule has 0 heterocycles. The van der Waals surface area contributed by atoms with Gasteiger partial charge in [0.15, 0.2) is 0 Å². The van der Waals surface area contributed by atoms with Crippen molar-refractivity contribution in [1.29, 1.82) is 0 Å². The zero-order valence-corrected chi connectivity index (χ0v) is 16.0. The Hall–Kier alpha value is -0.877. The van der Waals surface area contributed by atoms with Crippen LogP contribution in [0.1, 0.15) is 11.1 Å². The molecule has 0 radical (unpaired) electrons. The molecule has 110 valence electrons. The summed E-state index contributed by atoms with van der Waals surface area (Å²) in [6.07, 6.45) is 11.0. The number of allylic oxidation sites excluding steroid dienone is 5. The fourth-order valence-corrected chi connectivity index (χ4v) is 2.35. The fourth-order valence-electron chi connectivity index (χ4n) is 2.35. The molecule has 0 saturated carbocycles. The van der Waals surface area contributed by atoms with Crippen LogP contribution in [0.3, 0.4) is 0 Å². The molecule has 2 aromatic carbocycles. The zero-order chi connectivity index (χ0) is 15.6. The third-order valence-electron chi connectivity index (χ3n) is 3.31. The number of hydrogen-bond donors (Lipinski definition) is 0. The van der Waals surface area contributed by atoms with Gasteiger partial charge in [0.25, 0.3) is 0 Å². The first-order valence-electron chi connectivity index (χ1n) is 6.99. The van der Waals surface area contributed by atoms with Gasteiger partial charge in [-0.1, -0.05) is 91.0 Å². The second kappa shape index (κ2) is 10.0. The summed E-state index contributed by atoms with van der Waals surface area (Å²) in [5.74, 6) is 0.399. The van der Waals surface area contributed by atoms with Crippen molar-refractivity contribution >= 4 is 22.6 Å². The minimum atomic E-state index is -0.826. The van der Waals surface area contributed by atoms with Gasteiger partial charge in [-0.3, -0.25) is 0 Å². The van der Waals surface area contributed by atoms with Crippen LogP contribution in [-0.2, 0) is 20.8 Å². The standard InChI is InChI=1S/C19H16.2ClH.Zr/c1-3-11-17(12-4-1)19(15-16-9-7-8-10-16)18-13-5-2-6-14-18;;;/h1-16H;2*1H;/q;;;+2/p-2. The maximum absolute atomic E-state index is 4.93. The Morgan fingerprint density at radius 2 is 1.18 bits per heavy atom. The summed E-state index contributed by atoms with van der Waals surface area (Å²) in [6.45, 7) is 0. The third-order valence-corrected chi connectivity index (χ3v) is 3.31. The molecular formula is C19H16Cl2Zr. The van der Waals surface area contributed by atoms with Gasteiger partial charge in [0.05, 0.1) is 0 Å². The molecule has 0 nitrogen and oxygen atoms in total. The molecule has 3 rings (SSSR count). The summed E-state index contributed by atoms with van der Waals surface area (Å²) < 4.78 is 0. The molecule has 3 heteroatoms. The first kappa shape index (κ1) is 17.5. The normalized spacial score (nSPS) is 12.5. The summed E-state index contributed by atoms with van der Waals surface area (Å²) in [5.41, 5.74) is 3.83. The molecule has 0 amide bonds. The van der Waals surface area contributed by atoms with Crippen LogP contribution in [0.25, 0.3) is 5.57 Å². The van der Waals surface area contributed by atoms with Crippen molar-refractivity contribution in [3.63, 3.8) is 0 Å². The van der Waals surface area contributed by atoms with Crippen LogP contribution < -0.4 is 0 Å². The molecule has 0 aliphatic heterocycles. The summed E-state index contributed by atoms with van der Waals surface area (Å²) >= 11 is -0.826. The fraction of sp³-hybridized carbons (Fsp3) is 0.0526. The molecule has 0 N–H and O–H groups in total. The average molecular weight is 406 g/mol. The maximum atomic E-state index is 4.93. The van der Waals surface area contributed by atoms with E-state index in [4.69, 9.17) is 17.0 Å². The van der Waals surface area contributed by atoms with E-state index in [9.17, 15) is 0 Å². The second-order valence-electron chi connectivity index (χ2n) is 4.73. The summed E-state index contributed by atoms with van der Waals surface area (Å²) in [7, 11) is 9.87. The van der Waals surface area contributed by atoms with Crippen LogP contribution in [0.5, 0.6) is 0 Å². The molecule has 0 bridgehead atoms. The summed E-state index contributed by atoms with van der Waals surface area (Å²) in [6, 6.07) is 21.1. The molecule has 22 heavy (non-hydrogen) atoms. The van der Waals surface area contributed by atoms with Crippen LogP contribution in [0.15, 0.2) is 91.0 Å². The Kier molecular flexibility index (Phi) is 7.95. The van der Waals surface area contributed by atoms with Crippen LogP contribution in [0.2, 0.25) is 0 Å². The predicted molar refractivity (Wildman–Crippen MR) is 93.4 cm³/mol. The average Bonchev–Trinajstić information content (AvgIpc) is 3.08. The SMILES string of the molecule is C1=CC(C=C(c2ccccc2)c2ccccc2)C=C1.[Cl][Zr][Cl]. The Morgan fingerprint density at radius 3 is 1.59 bits per heavy atom. The van der Waals surface area contributed by atoms with Gasteiger partial charge in [0.2, 0.25) is 0 Å². The van der Waals surface area contributed by atoms with Crippen molar-refractivity contribution in [2.75, 3.05) is 0 Å². The summed E-state index contributed by atoms with van der Waals surface area (Å²) in [4.78, 5) is 0. The van der Waals surface area contributed by atoms with Gasteiger partial charge >= 0.3 is 37.9 Å². The molecule has 0 spiro atoms. The van der Waals surface area contributed by atoms with Crippen LogP contribution in [0, 0.1) is 5.92 Å². The van der Waals surface area contributed by atoms with E-state index in [0.717, 1.165) is 0 Å². The number of rotatable bonds is 3. The third kappa shape index (κ3) is 5.39. The second-order valence-corrected chi connectivity index (χ2v) is 8.46. The van der Waals surface area contributed by atoms with Gasteiger partial charge in [0, 0.05) is 5.92 Å². The van der Waals surface area contributed by atoms with Crippen molar-refractivity contribution in [2.45, 2.75) is 0 Å². The van der Waals surface area contributed by atoms with Crippen molar-refractivity contribution in [2.24, 2.45) is 5.92 Å². The van der Waals surface area contributed by atoms with E-state index in [1.54, 1.807) is 0 Å². The van der Waals surface area contributed by atoms with Gasteiger partial charge in [0.1, 0.15) is 0 Å². The van der Waals surface area contributed by atoms with E-state index in [0.29, 0.717) is 5.92 Å². The molecule has 0 aromatic heterocycles. The van der Waals surface area contributed by atoms with E-state index in [-0.39, 0.29) is 0 Å². The minimum absolute atomic E-state index is 0.399. The molecular weight excluding hydrogens is 390 g/mol. The number of halogens is 2. The van der Waals surface area contributed by atoms with Crippen molar-refractivity contribution in [3.8, 4) is 0 Å². The quantitative estimate of drug-likeness (QED) is 0.566. The monoisotopic (exact) mass is 404 g/mol. The van der Waals surface area contributed by atoms with Crippen LogP contribution in [-0.4, -0.2) is 0 Å². The predicted octanol–water partition coefficient (Wildman–Crippen LogP) is 6.24. The van der Waals surface area contributed by atoms with E-state index in [2.05, 4.69) is 91.0 Å². The zero-order valence-electron chi connectivity index (χ0n) is 12.0.